The molecule has 3 rings (SSSR count). The van der Waals surface area contributed by atoms with Crippen LogP contribution in [-0.2, 0) is 4.74 Å². The Hall–Kier alpha value is -0.900. The molecule has 2 unspecified atom stereocenters. The van der Waals surface area contributed by atoms with Crippen LogP contribution in [0.15, 0.2) is 35.3 Å². The number of likely N-dealkylation sites (tertiary alicyclic amines) is 1. The molecule has 2 aliphatic rings. The molecular weight excluding hydrogens is 513 g/mol. The SMILES string of the molecule is CN=C(NCCCN1CCCCC1C)NCC1(NC(C)c2ccccc2)CCOCC1.I. The summed E-state index contributed by atoms with van der Waals surface area (Å²) in [7, 11) is 1.86. The lowest BCUT2D eigenvalue weighted by molar-refractivity contribution is 0.0355. The summed E-state index contributed by atoms with van der Waals surface area (Å²) in [4.78, 5) is 7.09. The van der Waals surface area contributed by atoms with E-state index >= 15 is 0 Å². The van der Waals surface area contributed by atoms with Crippen LogP contribution in [0.4, 0.5) is 0 Å². The molecule has 32 heavy (non-hydrogen) atoms. The number of benzene rings is 1. The van der Waals surface area contributed by atoms with Crippen LogP contribution in [-0.4, -0.2) is 68.9 Å². The number of hydrogen-bond donors (Lipinski definition) is 3. The van der Waals surface area contributed by atoms with Crippen LogP contribution >= 0.6 is 24.0 Å². The highest BCUT2D eigenvalue weighted by Crippen LogP contribution is 2.25. The van der Waals surface area contributed by atoms with E-state index in [0.29, 0.717) is 6.04 Å². The Morgan fingerprint density at radius 3 is 2.62 bits per heavy atom. The highest BCUT2D eigenvalue weighted by molar-refractivity contribution is 14.0. The number of piperidine rings is 1. The van der Waals surface area contributed by atoms with E-state index in [4.69, 9.17) is 4.74 Å². The third-order valence-electron chi connectivity index (χ3n) is 6.95. The van der Waals surface area contributed by atoms with E-state index in [0.717, 1.165) is 57.6 Å². The topological polar surface area (TPSA) is 60.9 Å². The van der Waals surface area contributed by atoms with Gasteiger partial charge in [0.15, 0.2) is 5.96 Å². The average molecular weight is 558 g/mol. The Bertz CT molecular complexity index is 666. The Morgan fingerprint density at radius 1 is 1.19 bits per heavy atom. The van der Waals surface area contributed by atoms with Crippen molar-refractivity contribution in [2.45, 2.75) is 70.0 Å². The fourth-order valence-corrected chi connectivity index (χ4v) is 4.87. The number of aliphatic imine (C=N–C) groups is 1. The molecule has 1 aromatic rings. The van der Waals surface area contributed by atoms with Gasteiger partial charge in [-0.1, -0.05) is 36.8 Å². The molecule has 2 heterocycles. The molecule has 0 aliphatic carbocycles. The molecule has 0 saturated carbocycles. The van der Waals surface area contributed by atoms with Crippen molar-refractivity contribution >= 4 is 29.9 Å². The number of nitrogens with zero attached hydrogens (tertiary/aromatic N) is 2. The van der Waals surface area contributed by atoms with Crippen LogP contribution in [0.25, 0.3) is 0 Å². The van der Waals surface area contributed by atoms with Crippen LogP contribution in [0.5, 0.6) is 0 Å². The predicted octanol–water partition coefficient (Wildman–Crippen LogP) is 3.93. The minimum absolute atomic E-state index is 0. The average Bonchev–Trinajstić information content (AvgIpc) is 2.81. The third-order valence-corrected chi connectivity index (χ3v) is 6.95. The van der Waals surface area contributed by atoms with E-state index in [-0.39, 0.29) is 29.5 Å². The van der Waals surface area contributed by atoms with Gasteiger partial charge < -0.3 is 25.6 Å². The summed E-state index contributed by atoms with van der Waals surface area (Å²) in [5.41, 5.74) is 1.33. The fraction of sp³-hybridized carbons (Fsp3) is 0.720. The Morgan fingerprint density at radius 2 is 1.94 bits per heavy atom. The highest BCUT2D eigenvalue weighted by Gasteiger charge is 2.34. The standard InChI is InChI=1S/C25H43N5O.HI/c1-21-10-7-8-16-30(21)17-9-15-27-24(26-3)28-20-25(13-18-31-19-14-25)29-22(2)23-11-5-4-6-12-23;/h4-6,11-12,21-22,29H,7-10,13-20H2,1-3H3,(H2,26,27,28);1H. The largest absolute Gasteiger partial charge is 0.381 e. The summed E-state index contributed by atoms with van der Waals surface area (Å²) in [6.07, 6.45) is 7.23. The lowest BCUT2D eigenvalue weighted by Crippen LogP contribution is -2.58. The summed E-state index contributed by atoms with van der Waals surface area (Å²) in [5, 5.41) is 11.0. The highest BCUT2D eigenvalue weighted by atomic mass is 127. The first-order valence-corrected chi connectivity index (χ1v) is 12.2. The second-order valence-electron chi connectivity index (χ2n) is 9.26. The van der Waals surface area contributed by atoms with Gasteiger partial charge in [-0.25, -0.2) is 0 Å². The van der Waals surface area contributed by atoms with Crippen LogP contribution in [0.1, 0.15) is 64.0 Å². The van der Waals surface area contributed by atoms with Crippen molar-refractivity contribution in [2.24, 2.45) is 4.99 Å². The smallest absolute Gasteiger partial charge is 0.191 e. The van der Waals surface area contributed by atoms with E-state index < -0.39 is 0 Å². The summed E-state index contributed by atoms with van der Waals surface area (Å²) in [6, 6.07) is 11.7. The first kappa shape index (κ1) is 27.3. The molecule has 0 amide bonds. The maximum Gasteiger partial charge on any atom is 0.191 e. The number of hydrogen-bond acceptors (Lipinski definition) is 4. The van der Waals surface area contributed by atoms with Crippen LogP contribution in [0.2, 0.25) is 0 Å². The molecular formula is C25H44IN5O. The number of ether oxygens (including phenoxy) is 1. The Kier molecular flexibility index (Phi) is 12.3. The van der Waals surface area contributed by atoms with Crippen LogP contribution < -0.4 is 16.0 Å². The van der Waals surface area contributed by atoms with E-state index in [1.54, 1.807) is 0 Å². The summed E-state index contributed by atoms with van der Waals surface area (Å²) >= 11 is 0. The molecule has 2 fully saturated rings. The molecule has 0 spiro atoms. The van der Waals surface area contributed by atoms with Crippen molar-refractivity contribution in [3.05, 3.63) is 35.9 Å². The van der Waals surface area contributed by atoms with Gasteiger partial charge in [-0.2, -0.15) is 0 Å². The van der Waals surface area contributed by atoms with E-state index in [1.165, 1.54) is 37.9 Å². The minimum atomic E-state index is 0. The molecule has 6 nitrogen and oxygen atoms in total. The maximum absolute atomic E-state index is 5.67. The van der Waals surface area contributed by atoms with Crippen molar-refractivity contribution < 1.29 is 4.74 Å². The molecule has 7 heteroatoms. The Balaban J connectivity index is 0.00000363. The zero-order chi connectivity index (χ0) is 21.9. The van der Waals surface area contributed by atoms with Crippen molar-refractivity contribution in [1.29, 1.82) is 0 Å². The lowest BCUT2D eigenvalue weighted by Gasteiger charge is -2.41. The predicted molar refractivity (Wildman–Crippen MR) is 145 cm³/mol. The van der Waals surface area contributed by atoms with E-state index in [2.05, 4.69) is 70.0 Å². The third kappa shape index (κ3) is 8.47. The second kappa shape index (κ2) is 14.4. The number of rotatable bonds is 9. The monoisotopic (exact) mass is 557 g/mol. The first-order valence-electron chi connectivity index (χ1n) is 12.2. The van der Waals surface area contributed by atoms with Gasteiger partial charge in [-0.15, -0.1) is 24.0 Å². The zero-order valence-electron chi connectivity index (χ0n) is 20.2. The molecule has 2 atom stereocenters. The fourth-order valence-electron chi connectivity index (χ4n) is 4.87. The van der Waals surface area contributed by atoms with Gasteiger partial charge in [0.05, 0.1) is 0 Å². The van der Waals surface area contributed by atoms with Crippen LogP contribution in [0, 0.1) is 0 Å². The summed E-state index contributed by atoms with van der Waals surface area (Å²) in [6.45, 7) is 10.4. The normalized spacial score (nSPS) is 22.6. The zero-order valence-corrected chi connectivity index (χ0v) is 22.6. The molecule has 2 aliphatic heterocycles. The minimum Gasteiger partial charge on any atom is -0.381 e. The van der Waals surface area contributed by atoms with Gasteiger partial charge in [0, 0.05) is 57.5 Å². The van der Waals surface area contributed by atoms with E-state index in [1.807, 2.05) is 7.05 Å². The van der Waals surface area contributed by atoms with Crippen molar-refractivity contribution in [2.75, 3.05) is 46.4 Å². The van der Waals surface area contributed by atoms with Gasteiger partial charge in [0.1, 0.15) is 0 Å². The van der Waals surface area contributed by atoms with Gasteiger partial charge in [-0.3, -0.25) is 4.99 Å². The lowest BCUT2D eigenvalue weighted by atomic mass is 9.88. The maximum atomic E-state index is 5.67. The van der Waals surface area contributed by atoms with Crippen molar-refractivity contribution in [3.63, 3.8) is 0 Å². The summed E-state index contributed by atoms with van der Waals surface area (Å²) < 4.78 is 5.67. The molecule has 0 bridgehead atoms. The Labute approximate surface area is 212 Å². The molecule has 0 radical (unpaired) electrons. The van der Waals surface area contributed by atoms with Crippen molar-refractivity contribution in [1.82, 2.24) is 20.9 Å². The second-order valence-corrected chi connectivity index (χ2v) is 9.26. The summed E-state index contributed by atoms with van der Waals surface area (Å²) in [5.74, 6) is 0.895. The molecule has 3 N–H and O–H groups in total. The van der Waals surface area contributed by atoms with Gasteiger partial charge in [-0.05, 0) is 58.1 Å². The molecule has 182 valence electrons. The van der Waals surface area contributed by atoms with E-state index in [9.17, 15) is 0 Å². The number of guanidine groups is 1. The van der Waals surface area contributed by atoms with Gasteiger partial charge >= 0.3 is 0 Å². The quantitative estimate of drug-likeness (QED) is 0.186. The molecule has 2 saturated heterocycles. The van der Waals surface area contributed by atoms with Gasteiger partial charge in [0.25, 0.3) is 0 Å². The number of nitrogens with one attached hydrogen (secondary N) is 3. The van der Waals surface area contributed by atoms with Crippen LogP contribution in [0.3, 0.4) is 0 Å². The van der Waals surface area contributed by atoms with Crippen molar-refractivity contribution in [3.8, 4) is 0 Å². The molecule has 0 aromatic heterocycles. The number of halogens is 1. The molecule has 1 aromatic carbocycles. The first-order chi connectivity index (χ1) is 15.1. The van der Waals surface area contributed by atoms with Gasteiger partial charge in [0.2, 0.25) is 0 Å².